The average molecular weight is 340 g/mol. The number of nitrogens with one attached hydrogen (secondary N) is 1. The minimum Gasteiger partial charge on any atom is -0.465 e. The molecule has 3 N–H and O–H groups in total. The molecular weight excluding hydrogens is 320 g/mol. The maximum Gasteiger partial charge on any atom is 0.404 e. The highest BCUT2D eigenvalue weighted by Gasteiger charge is 2.28. The smallest absolute Gasteiger partial charge is 0.404 e. The van der Waals surface area contributed by atoms with Gasteiger partial charge in [0.1, 0.15) is 0 Å². The van der Waals surface area contributed by atoms with Gasteiger partial charge in [0, 0.05) is 31.2 Å². The molecule has 1 aromatic carbocycles. The number of aliphatic hydroxyl groups is 1. The second-order valence-corrected chi connectivity index (χ2v) is 6.28. The number of nitriles is 1. The number of hydrogen-bond donors (Lipinski definition) is 3. The number of aromatic nitrogens is 1. The second kappa shape index (κ2) is 7.47. The van der Waals surface area contributed by atoms with E-state index in [0.717, 1.165) is 36.0 Å². The van der Waals surface area contributed by atoms with E-state index in [1.54, 1.807) is 12.3 Å². The van der Waals surface area contributed by atoms with Crippen molar-refractivity contribution in [2.24, 2.45) is 0 Å². The summed E-state index contributed by atoms with van der Waals surface area (Å²) in [6.07, 6.45) is 1.32. The fraction of sp³-hybridized carbons (Fsp3) is 0.389. The lowest BCUT2D eigenvalue weighted by molar-refractivity contribution is 0.0413. The van der Waals surface area contributed by atoms with Crippen LogP contribution in [0.3, 0.4) is 0 Å². The minimum absolute atomic E-state index is 0.409. The first kappa shape index (κ1) is 17.1. The molecule has 0 radical (unpaired) electrons. The SMILES string of the molecule is N#Cc1ccc2nccc(CCN3CC[C@H](NC(=O)O)[C@@H](O)C3)c2c1. The zero-order valence-electron chi connectivity index (χ0n) is 13.7. The Hall–Kier alpha value is -2.69. The molecule has 7 heteroatoms. The van der Waals surface area contributed by atoms with E-state index in [9.17, 15) is 9.90 Å². The average Bonchev–Trinajstić information content (AvgIpc) is 2.61. The first-order valence-corrected chi connectivity index (χ1v) is 8.24. The van der Waals surface area contributed by atoms with Crippen molar-refractivity contribution in [1.82, 2.24) is 15.2 Å². The van der Waals surface area contributed by atoms with Crippen LogP contribution in [0.2, 0.25) is 0 Å². The highest BCUT2D eigenvalue weighted by atomic mass is 16.4. The summed E-state index contributed by atoms with van der Waals surface area (Å²) < 4.78 is 0. The van der Waals surface area contributed by atoms with Gasteiger partial charge in [0.2, 0.25) is 0 Å². The van der Waals surface area contributed by atoms with Gasteiger partial charge in [-0.25, -0.2) is 4.79 Å². The molecular formula is C18H20N4O3. The van der Waals surface area contributed by atoms with Crippen molar-refractivity contribution in [3.05, 3.63) is 41.6 Å². The molecule has 0 spiro atoms. The molecule has 0 saturated carbocycles. The maximum atomic E-state index is 10.7. The zero-order valence-corrected chi connectivity index (χ0v) is 13.7. The van der Waals surface area contributed by atoms with Crippen LogP contribution in [0.25, 0.3) is 10.9 Å². The van der Waals surface area contributed by atoms with Crippen molar-refractivity contribution < 1.29 is 15.0 Å². The molecule has 0 unspecified atom stereocenters. The van der Waals surface area contributed by atoms with Crippen molar-refractivity contribution in [3.8, 4) is 6.07 Å². The van der Waals surface area contributed by atoms with E-state index >= 15 is 0 Å². The number of carboxylic acid groups (broad SMARTS) is 1. The van der Waals surface area contributed by atoms with Crippen molar-refractivity contribution >= 4 is 17.0 Å². The quantitative estimate of drug-likeness (QED) is 0.775. The molecule has 1 aromatic heterocycles. The summed E-state index contributed by atoms with van der Waals surface area (Å²) in [5.74, 6) is 0. The number of fused-ring (bicyclic) bond motifs is 1. The molecule has 2 heterocycles. The Morgan fingerprint density at radius 1 is 1.44 bits per heavy atom. The summed E-state index contributed by atoms with van der Waals surface area (Å²) in [5.41, 5.74) is 2.58. The first-order chi connectivity index (χ1) is 12.1. The summed E-state index contributed by atoms with van der Waals surface area (Å²) in [5, 5.41) is 31.3. The van der Waals surface area contributed by atoms with Crippen LogP contribution >= 0.6 is 0 Å². The number of amides is 1. The van der Waals surface area contributed by atoms with Gasteiger partial charge in [-0.1, -0.05) is 0 Å². The van der Waals surface area contributed by atoms with Gasteiger partial charge in [-0.05, 0) is 42.7 Å². The van der Waals surface area contributed by atoms with Gasteiger partial charge in [-0.15, -0.1) is 0 Å². The van der Waals surface area contributed by atoms with E-state index in [1.807, 2.05) is 18.2 Å². The summed E-state index contributed by atoms with van der Waals surface area (Å²) >= 11 is 0. The van der Waals surface area contributed by atoms with E-state index < -0.39 is 18.2 Å². The number of pyridine rings is 1. The van der Waals surface area contributed by atoms with Crippen LogP contribution in [0.15, 0.2) is 30.5 Å². The molecule has 1 fully saturated rings. The van der Waals surface area contributed by atoms with Crippen molar-refractivity contribution in [3.63, 3.8) is 0 Å². The number of rotatable bonds is 4. The standard InChI is InChI=1S/C18H20N4O3/c19-10-12-1-2-15-14(9-12)13(3-6-20-15)4-7-22-8-5-16(17(23)11-22)21-18(24)25/h1-3,6,9,16-17,21,23H,4-5,7-8,11H2,(H,24,25)/t16-,17-/m0/s1. The molecule has 0 bridgehead atoms. The molecule has 1 aliphatic heterocycles. The number of carbonyl (C=O) groups is 1. The van der Waals surface area contributed by atoms with Crippen LogP contribution in [0.1, 0.15) is 17.5 Å². The summed E-state index contributed by atoms with van der Waals surface area (Å²) in [4.78, 5) is 17.2. The van der Waals surface area contributed by atoms with Crippen LogP contribution in [-0.2, 0) is 6.42 Å². The van der Waals surface area contributed by atoms with Crippen LogP contribution in [0.5, 0.6) is 0 Å². The van der Waals surface area contributed by atoms with Gasteiger partial charge in [-0.2, -0.15) is 5.26 Å². The Morgan fingerprint density at radius 2 is 2.28 bits per heavy atom. The van der Waals surface area contributed by atoms with Gasteiger partial charge in [-0.3, -0.25) is 4.98 Å². The van der Waals surface area contributed by atoms with Crippen molar-refractivity contribution in [2.45, 2.75) is 25.0 Å². The first-order valence-electron chi connectivity index (χ1n) is 8.24. The fourth-order valence-corrected chi connectivity index (χ4v) is 3.30. The number of β-amino-alcohol motifs (C(OH)–C–C–N with tert-alkyl or cyclic N) is 1. The summed E-state index contributed by atoms with van der Waals surface area (Å²) in [6, 6.07) is 9.17. The fourth-order valence-electron chi connectivity index (χ4n) is 3.30. The molecule has 0 aliphatic carbocycles. The lowest BCUT2D eigenvalue weighted by Crippen LogP contribution is -2.54. The second-order valence-electron chi connectivity index (χ2n) is 6.28. The number of piperidine rings is 1. The third-order valence-electron chi connectivity index (χ3n) is 4.63. The lowest BCUT2D eigenvalue weighted by atomic mass is 10.0. The van der Waals surface area contributed by atoms with E-state index in [1.165, 1.54) is 0 Å². The Labute approximate surface area is 145 Å². The monoisotopic (exact) mass is 340 g/mol. The Balaban J connectivity index is 1.66. The Morgan fingerprint density at radius 3 is 3.00 bits per heavy atom. The van der Waals surface area contributed by atoms with Crippen LogP contribution < -0.4 is 5.32 Å². The molecule has 3 rings (SSSR count). The molecule has 2 aromatic rings. The van der Waals surface area contributed by atoms with E-state index in [2.05, 4.69) is 21.3 Å². The van der Waals surface area contributed by atoms with Crippen molar-refractivity contribution in [1.29, 1.82) is 5.26 Å². The lowest BCUT2D eigenvalue weighted by Gasteiger charge is -2.35. The molecule has 25 heavy (non-hydrogen) atoms. The Bertz CT molecular complexity index is 818. The molecule has 1 saturated heterocycles. The number of nitrogens with zero attached hydrogens (tertiary/aromatic N) is 3. The topological polar surface area (TPSA) is 109 Å². The number of likely N-dealkylation sites (tertiary alicyclic amines) is 1. The van der Waals surface area contributed by atoms with Gasteiger partial charge in [0.25, 0.3) is 0 Å². The maximum absolute atomic E-state index is 10.7. The molecule has 1 aliphatic rings. The van der Waals surface area contributed by atoms with Gasteiger partial charge < -0.3 is 20.4 Å². The number of benzene rings is 1. The van der Waals surface area contributed by atoms with Crippen LogP contribution in [-0.4, -0.2) is 58.0 Å². The van der Waals surface area contributed by atoms with Gasteiger partial charge in [0.05, 0.1) is 29.3 Å². The minimum atomic E-state index is -1.10. The molecule has 2 atom stereocenters. The van der Waals surface area contributed by atoms with E-state index in [4.69, 9.17) is 10.4 Å². The van der Waals surface area contributed by atoms with Crippen LogP contribution in [0.4, 0.5) is 4.79 Å². The highest BCUT2D eigenvalue weighted by Crippen LogP contribution is 2.20. The van der Waals surface area contributed by atoms with Crippen molar-refractivity contribution in [2.75, 3.05) is 19.6 Å². The number of aliphatic hydroxyl groups excluding tert-OH is 1. The van der Waals surface area contributed by atoms with E-state index in [0.29, 0.717) is 18.5 Å². The third-order valence-corrected chi connectivity index (χ3v) is 4.63. The highest BCUT2D eigenvalue weighted by molar-refractivity contribution is 5.83. The molecule has 130 valence electrons. The summed E-state index contributed by atoms with van der Waals surface area (Å²) in [6.45, 7) is 1.93. The predicted molar refractivity (Wildman–Crippen MR) is 92.2 cm³/mol. The Kier molecular flexibility index (Phi) is 5.12. The molecule has 7 nitrogen and oxygen atoms in total. The normalized spacial score (nSPS) is 21.0. The number of hydrogen-bond acceptors (Lipinski definition) is 5. The third kappa shape index (κ3) is 4.05. The molecule has 1 amide bonds. The van der Waals surface area contributed by atoms with Crippen LogP contribution in [0, 0.1) is 11.3 Å². The predicted octanol–water partition coefficient (Wildman–Crippen LogP) is 1.35. The zero-order chi connectivity index (χ0) is 17.8. The van der Waals surface area contributed by atoms with Gasteiger partial charge >= 0.3 is 6.09 Å². The summed E-state index contributed by atoms with van der Waals surface area (Å²) in [7, 11) is 0. The van der Waals surface area contributed by atoms with Gasteiger partial charge in [0.15, 0.2) is 0 Å². The van der Waals surface area contributed by atoms with E-state index in [-0.39, 0.29) is 0 Å². The largest absolute Gasteiger partial charge is 0.465 e.